The third-order valence-electron chi connectivity index (χ3n) is 4.76. The van der Waals surface area contributed by atoms with E-state index in [-0.39, 0.29) is 0 Å². The van der Waals surface area contributed by atoms with E-state index in [1.807, 2.05) is 12.1 Å². The monoisotopic (exact) mass is 334 g/mol. The molecule has 2 saturated carbocycles. The van der Waals surface area contributed by atoms with Crippen LogP contribution in [0.5, 0.6) is 11.5 Å². The normalized spacial score (nSPS) is 17.8. The maximum atomic E-state index is 5.71. The van der Waals surface area contributed by atoms with Gasteiger partial charge in [0, 0.05) is 24.2 Å². The second-order valence-electron chi connectivity index (χ2n) is 6.44. The van der Waals surface area contributed by atoms with Crippen LogP contribution in [0.25, 0.3) is 0 Å². The Morgan fingerprint density at radius 1 is 1.17 bits per heavy atom. The average Bonchev–Trinajstić information content (AvgIpc) is 3.22. The molecule has 1 aromatic carbocycles. The summed E-state index contributed by atoms with van der Waals surface area (Å²) in [5.41, 5.74) is 1.12. The van der Waals surface area contributed by atoms with Crippen LogP contribution >= 0.6 is 12.2 Å². The van der Waals surface area contributed by atoms with E-state index < -0.39 is 0 Å². The van der Waals surface area contributed by atoms with Crippen molar-refractivity contribution in [1.82, 2.24) is 10.2 Å². The summed E-state index contributed by atoms with van der Waals surface area (Å²) in [4.78, 5) is 2.36. The molecular formula is C18H26N2O2S. The first-order valence-electron chi connectivity index (χ1n) is 8.50. The number of nitrogens with zero attached hydrogens (tertiary/aromatic N) is 1. The Balaban J connectivity index is 1.80. The van der Waals surface area contributed by atoms with E-state index in [1.54, 1.807) is 14.2 Å². The lowest BCUT2D eigenvalue weighted by Crippen LogP contribution is -2.45. The van der Waals surface area contributed by atoms with Gasteiger partial charge in [-0.3, -0.25) is 0 Å². The van der Waals surface area contributed by atoms with Crippen molar-refractivity contribution in [2.45, 2.75) is 57.2 Å². The number of nitrogens with one attached hydrogen (secondary N) is 1. The van der Waals surface area contributed by atoms with Gasteiger partial charge >= 0.3 is 0 Å². The minimum absolute atomic E-state index is 0.532. The lowest BCUT2D eigenvalue weighted by Gasteiger charge is -2.32. The summed E-state index contributed by atoms with van der Waals surface area (Å²) >= 11 is 5.71. The van der Waals surface area contributed by atoms with Gasteiger partial charge in [0.1, 0.15) is 0 Å². The van der Waals surface area contributed by atoms with Crippen molar-refractivity contribution in [2.75, 3.05) is 14.2 Å². The Kier molecular flexibility index (Phi) is 5.26. The van der Waals surface area contributed by atoms with Gasteiger partial charge in [0.05, 0.1) is 14.2 Å². The van der Waals surface area contributed by atoms with E-state index in [2.05, 4.69) is 16.3 Å². The Morgan fingerprint density at radius 3 is 2.52 bits per heavy atom. The summed E-state index contributed by atoms with van der Waals surface area (Å²) in [7, 11) is 3.37. The highest BCUT2D eigenvalue weighted by molar-refractivity contribution is 7.80. The van der Waals surface area contributed by atoms with Gasteiger partial charge in [-0.25, -0.2) is 0 Å². The van der Waals surface area contributed by atoms with Crippen LogP contribution in [0.3, 0.4) is 0 Å². The molecule has 0 spiro atoms. The van der Waals surface area contributed by atoms with Gasteiger partial charge in [-0.05, 0) is 44.0 Å². The van der Waals surface area contributed by atoms with Crippen molar-refractivity contribution in [2.24, 2.45) is 0 Å². The summed E-state index contributed by atoms with van der Waals surface area (Å²) in [5.74, 6) is 1.59. The van der Waals surface area contributed by atoms with E-state index in [4.69, 9.17) is 21.7 Å². The number of ether oxygens (including phenoxy) is 2. The minimum Gasteiger partial charge on any atom is -0.493 e. The molecular weight excluding hydrogens is 308 g/mol. The van der Waals surface area contributed by atoms with Crippen LogP contribution in [0.1, 0.15) is 44.1 Å². The Labute approximate surface area is 144 Å². The quantitative estimate of drug-likeness (QED) is 0.806. The van der Waals surface area contributed by atoms with E-state index >= 15 is 0 Å². The Hall–Kier alpha value is -1.49. The zero-order valence-corrected chi connectivity index (χ0v) is 14.8. The predicted molar refractivity (Wildman–Crippen MR) is 96.1 cm³/mol. The fourth-order valence-corrected chi connectivity index (χ4v) is 3.71. The van der Waals surface area contributed by atoms with Crippen molar-refractivity contribution in [3.63, 3.8) is 0 Å². The molecule has 126 valence electrons. The molecule has 0 atom stereocenters. The van der Waals surface area contributed by atoms with E-state index in [9.17, 15) is 0 Å². The topological polar surface area (TPSA) is 33.7 Å². The standard InChI is InChI=1S/C18H26N2O2S/c1-21-16-9-5-6-13(17(16)22-2)12-20(15-7-3-4-8-15)18(23)19-14-10-11-14/h5-6,9,14-15H,3-4,7-8,10-12H2,1-2H3,(H,19,23). The third kappa shape index (κ3) is 3.89. The van der Waals surface area contributed by atoms with Crippen molar-refractivity contribution in [3.05, 3.63) is 23.8 Å². The molecule has 0 unspecified atom stereocenters. The lowest BCUT2D eigenvalue weighted by molar-refractivity contribution is 0.293. The van der Waals surface area contributed by atoms with Gasteiger partial charge in [0.15, 0.2) is 16.6 Å². The predicted octanol–water partition coefficient (Wildman–Crippen LogP) is 3.49. The number of thiocarbonyl (C=S) groups is 1. The summed E-state index contributed by atoms with van der Waals surface area (Å²) < 4.78 is 11.0. The van der Waals surface area contributed by atoms with Gasteiger partial charge in [-0.2, -0.15) is 0 Å². The zero-order valence-electron chi connectivity index (χ0n) is 14.0. The molecule has 0 heterocycles. The van der Waals surface area contributed by atoms with Crippen LogP contribution in [0.15, 0.2) is 18.2 Å². The molecule has 0 bridgehead atoms. The van der Waals surface area contributed by atoms with Gasteiger partial charge < -0.3 is 19.7 Å². The van der Waals surface area contributed by atoms with Gasteiger partial charge in [0.2, 0.25) is 0 Å². The van der Waals surface area contributed by atoms with Crippen molar-refractivity contribution < 1.29 is 9.47 Å². The van der Waals surface area contributed by atoms with Crippen molar-refractivity contribution in [1.29, 1.82) is 0 Å². The van der Waals surface area contributed by atoms with Crippen LogP contribution in [0.4, 0.5) is 0 Å². The largest absolute Gasteiger partial charge is 0.493 e. The number of hydrogen-bond donors (Lipinski definition) is 1. The van der Waals surface area contributed by atoms with Crippen LogP contribution in [0.2, 0.25) is 0 Å². The second-order valence-corrected chi connectivity index (χ2v) is 6.83. The molecule has 1 aromatic rings. The van der Waals surface area contributed by atoms with Gasteiger partial charge in [0.25, 0.3) is 0 Å². The number of rotatable bonds is 6. The first-order chi connectivity index (χ1) is 11.2. The zero-order chi connectivity index (χ0) is 16.2. The van der Waals surface area contributed by atoms with Crippen LogP contribution in [0, 0.1) is 0 Å². The molecule has 0 amide bonds. The summed E-state index contributed by atoms with van der Waals surface area (Å²) in [6, 6.07) is 7.16. The second kappa shape index (κ2) is 7.39. The van der Waals surface area contributed by atoms with E-state index in [0.717, 1.165) is 28.7 Å². The highest BCUT2D eigenvalue weighted by Crippen LogP contribution is 2.33. The van der Waals surface area contributed by atoms with Crippen LogP contribution in [-0.4, -0.2) is 36.3 Å². The summed E-state index contributed by atoms with van der Waals surface area (Å²) in [5, 5.41) is 4.40. The first kappa shape index (κ1) is 16.4. The summed E-state index contributed by atoms with van der Waals surface area (Å²) in [6.07, 6.45) is 7.50. The van der Waals surface area contributed by atoms with Crippen molar-refractivity contribution in [3.8, 4) is 11.5 Å². The van der Waals surface area contributed by atoms with Gasteiger partial charge in [-0.15, -0.1) is 0 Å². The number of benzene rings is 1. The molecule has 4 nitrogen and oxygen atoms in total. The number of methoxy groups -OCH3 is 2. The minimum atomic E-state index is 0.532. The van der Waals surface area contributed by atoms with Crippen molar-refractivity contribution >= 4 is 17.3 Å². The van der Waals surface area contributed by atoms with E-state index in [1.165, 1.54) is 38.5 Å². The maximum Gasteiger partial charge on any atom is 0.169 e. The van der Waals surface area contributed by atoms with Gasteiger partial charge in [-0.1, -0.05) is 25.0 Å². The highest BCUT2D eigenvalue weighted by atomic mass is 32.1. The molecule has 2 aliphatic rings. The number of hydrogen-bond acceptors (Lipinski definition) is 3. The highest BCUT2D eigenvalue weighted by Gasteiger charge is 2.29. The third-order valence-corrected chi connectivity index (χ3v) is 5.11. The first-order valence-corrected chi connectivity index (χ1v) is 8.90. The van der Waals surface area contributed by atoms with Crippen LogP contribution in [-0.2, 0) is 6.54 Å². The lowest BCUT2D eigenvalue weighted by atomic mass is 10.1. The Morgan fingerprint density at radius 2 is 1.91 bits per heavy atom. The molecule has 5 heteroatoms. The summed E-state index contributed by atoms with van der Waals surface area (Å²) in [6.45, 7) is 0.767. The smallest absolute Gasteiger partial charge is 0.169 e. The van der Waals surface area contributed by atoms with Crippen LogP contribution < -0.4 is 14.8 Å². The molecule has 2 fully saturated rings. The molecule has 0 saturated heterocycles. The molecule has 2 aliphatic carbocycles. The number of para-hydroxylation sites is 1. The fraction of sp³-hybridized carbons (Fsp3) is 0.611. The molecule has 0 radical (unpaired) electrons. The van der Waals surface area contributed by atoms with E-state index in [0.29, 0.717) is 12.1 Å². The molecule has 0 aromatic heterocycles. The molecule has 23 heavy (non-hydrogen) atoms. The fourth-order valence-electron chi connectivity index (χ4n) is 3.33. The SMILES string of the molecule is COc1cccc(CN(C(=S)NC2CC2)C2CCCC2)c1OC. The average molecular weight is 334 g/mol. The Bertz CT molecular complexity index is 554. The maximum absolute atomic E-state index is 5.71. The molecule has 1 N–H and O–H groups in total. The molecule has 0 aliphatic heterocycles. The molecule has 3 rings (SSSR count).